The van der Waals surface area contributed by atoms with Gasteiger partial charge in [0, 0.05) is 22.2 Å². The molecule has 0 aliphatic carbocycles. The Hall–Kier alpha value is -1.99. The van der Waals surface area contributed by atoms with Gasteiger partial charge in [-0.05, 0) is 36.4 Å². The van der Waals surface area contributed by atoms with Crippen LogP contribution in [0.4, 0.5) is 8.78 Å². The maximum Gasteiger partial charge on any atom is 0.387 e. The van der Waals surface area contributed by atoms with Crippen molar-refractivity contribution in [3.8, 4) is 11.5 Å². The molecule has 8 heteroatoms. The van der Waals surface area contributed by atoms with Crippen LogP contribution < -0.4 is 14.8 Å². The number of halogens is 3. The van der Waals surface area contributed by atoms with Crippen molar-refractivity contribution in [1.82, 2.24) is 5.32 Å². The lowest BCUT2D eigenvalue weighted by Crippen LogP contribution is -2.26. The zero-order chi connectivity index (χ0) is 18.2. The number of carbonyl (C=O) groups is 1. The van der Waals surface area contributed by atoms with Gasteiger partial charge in [0.05, 0.1) is 12.7 Å². The highest BCUT2D eigenvalue weighted by molar-refractivity contribution is 7.99. The van der Waals surface area contributed by atoms with E-state index in [0.29, 0.717) is 17.3 Å². The minimum Gasteiger partial charge on any atom is -0.493 e. The number of para-hydroxylation sites is 1. The molecule has 0 unspecified atom stereocenters. The Bertz CT molecular complexity index is 714. The van der Waals surface area contributed by atoms with E-state index in [0.717, 1.165) is 4.90 Å². The Morgan fingerprint density at radius 2 is 1.96 bits per heavy atom. The first-order chi connectivity index (χ1) is 12.0. The second-order valence-corrected chi connectivity index (χ2v) is 6.38. The molecule has 0 heterocycles. The highest BCUT2D eigenvalue weighted by atomic mass is 35.5. The van der Waals surface area contributed by atoms with Crippen molar-refractivity contribution < 1.29 is 23.0 Å². The fourth-order valence-corrected chi connectivity index (χ4v) is 2.92. The minimum atomic E-state index is -3.05. The minimum absolute atomic E-state index is 0.00357. The number of alkyl halides is 2. The zero-order valence-corrected chi connectivity index (χ0v) is 14.9. The summed E-state index contributed by atoms with van der Waals surface area (Å²) in [4.78, 5) is 13.3. The summed E-state index contributed by atoms with van der Waals surface area (Å²) >= 11 is 7.36. The van der Waals surface area contributed by atoms with E-state index < -0.39 is 12.5 Å². The van der Waals surface area contributed by atoms with Gasteiger partial charge >= 0.3 is 6.61 Å². The molecule has 0 bridgehead atoms. The molecule has 2 aromatic rings. The number of carbonyl (C=O) groups excluding carboxylic acids is 1. The lowest BCUT2D eigenvalue weighted by molar-refractivity contribution is -0.0515. The van der Waals surface area contributed by atoms with Crippen LogP contribution in [0, 0.1) is 0 Å². The number of nitrogens with one attached hydrogen (secondary N) is 1. The summed E-state index contributed by atoms with van der Waals surface area (Å²) in [5.41, 5.74) is -0.00357. The van der Waals surface area contributed by atoms with Crippen LogP contribution in [0.15, 0.2) is 47.4 Å². The maximum absolute atomic E-state index is 12.6. The Labute approximate surface area is 153 Å². The predicted molar refractivity (Wildman–Crippen MR) is 94.1 cm³/mol. The van der Waals surface area contributed by atoms with Crippen molar-refractivity contribution in [3.05, 3.63) is 53.1 Å². The standard InChI is InChI=1S/C17H16ClF2NO3S/c1-23-14-4-2-3-13(15(14)24-17(19)20)16(22)21-9-10-25-12-7-5-11(18)6-8-12/h2-8,17H,9-10H2,1H3,(H,21,22). The summed E-state index contributed by atoms with van der Waals surface area (Å²) in [6, 6.07) is 11.7. The first kappa shape index (κ1) is 19.3. The SMILES string of the molecule is COc1cccc(C(=O)NCCSc2ccc(Cl)cc2)c1OC(F)F. The van der Waals surface area contributed by atoms with Crippen molar-refractivity contribution >= 4 is 29.3 Å². The molecule has 0 atom stereocenters. The second-order valence-electron chi connectivity index (χ2n) is 4.77. The zero-order valence-electron chi connectivity index (χ0n) is 13.3. The largest absolute Gasteiger partial charge is 0.493 e. The van der Waals surface area contributed by atoms with Gasteiger partial charge in [0.15, 0.2) is 11.5 Å². The van der Waals surface area contributed by atoms with Crippen LogP contribution in [0.2, 0.25) is 5.02 Å². The highest BCUT2D eigenvalue weighted by Gasteiger charge is 2.19. The third-order valence-electron chi connectivity index (χ3n) is 3.12. The van der Waals surface area contributed by atoms with Gasteiger partial charge in [0.1, 0.15) is 0 Å². The number of rotatable bonds is 8. The Morgan fingerprint density at radius 3 is 2.60 bits per heavy atom. The van der Waals surface area contributed by atoms with Gasteiger partial charge < -0.3 is 14.8 Å². The molecule has 0 aliphatic heterocycles. The van der Waals surface area contributed by atoms with E-state index in [2.05, 4.69) is 10.1 Å². The number of thioether (sulfide) groups is 1. The molecule has 0 radical (unpaired) electrons. The fourth-order valence-electron chi connectivity index (χ4n) is 2.03. The molecule has 2 aromatic carbocycles. The molecule has 25 heavy (non-hydrogen) atoms. The number of hydrogen-bond donors (Lipinski definition) is 1. The van der Waals surface area contributed by atoms with Crippen molar-refractivity contribution in [1.29, 1.82) is 0 Å². The van der Waals surface area contributed by atoms with Gasteiger partial charge in [-0.1, -0.05) is 17.7 Å². The van der Waals surface area contributed by atoms with Crippen molar-refractivity contribution in [2.75, 3.05) is 19.4 Å². The maximum atomic E-state index is 12.6. The molecule has 0 saturated heterocycles. The highest BCUT2D eigenvalue weighted by Crippen LogP contribution is 2.32. The summed E-state index contributed by atoms with van der Waals surface area (Å²) in [6.45, 7) is -2.69. The molecule has 0 aliphatic rings. The number of methoxy groups -OCH3 is 1. The lowest BCUT2D eigenvalue weighted by Gasteiger charge is -2.14. The van der Waals surface area contributed by atoms with Crippen LogP contribution in [0.1, 0.15) is 10.4 Å². The monoisotopic (exact) mass is 387 g/mol. The van der Waals surface area contributed by atoms with Gasteiger partial charge in [-0.3, -0.25) is 4.79 Å². The molecule has 0 fully saturated rings. The van der Waals surface area contributed by atoms with Gasteiger partial charge in [0.2, 0.25) is 0 Å². The normalized spacial score (nSPS) is 10.6. The second kappa shape index (κ2) is 9.48. The Kier molecular flexibility index (Phi) is 7.33. The molecule has 0 spiro atoms. The molecule has 1 amide bonds. The Morgan fingerprint density at radius 1 is 1.24 bits per heavy atom. The summed E-state index contributed by atoms with van der Waals surface area (Å²) in [5.74, 6) is -0.0971. The lowest BCUT2D eigenvalue weighted by atomic mass is 10.1. The number of hydrogen-bond acceptors (Lipinski definition) is 4. The van der Waals surface area contributed by atoms with Gasteiger partial charge in [-0.25, -0.2) is 0 Å². The average Bonchev–Trinajstić information content (AvgIpc) is 2.59. The predicted octanol–water partition coefficient (Wildman–Crippen LogP) is 4.47. The van der Waals surface area contributed by atoms with Crippen LogP contribution in [0.3, 0.4) is 0 Å². The first-order valence-corrected chi connectivity index (χ1v) is 8.66. The number of benzene rings is 2. The molecule has 1 N–H and O–H groups in total. The molecular formula is C17H16ClF2NO3S. The van der Waals surface area contributed by atoms with E-state index in [1.165, 1.54) is 37.1 Å². The van der Waals surface area contributed by atoms with Crippen molar-refractivity contribution in [2.24, 2.45) is 0 Å². The molecule has 2 rings (SSSR count). The van der Waals surface area contributed by atoms with Crippen LogP contribution in [0.25, 0.3) is 0 Å². The molecule has 4 nitrogen and oxygen atoms in total. The van der Waals surface area contributed by atoms with E-state index in [9.17, 15) is 13.6 Å². The number of amides is 1. The average molecular weight is 388 g/mol. The third kappa shape index (κ3) is 5.79. The van der Waals surface area contributed by atoms with Gasteiger partial charge in [0.25, 0.3) is 5.91 Å². The summed E-state index contributed by atoms with van der Waals surface area (Å²) in [5, 5.41) is 3.33. The molecule has 0 saturated carbocycles. The van der Waals surface area contributed by atoms with Crippen molar-refractivity contribution in [3.63, 3.8) is 0 Å². The first-order valence-electron chi connectivity index (χ1n) is 7.29. The quantitative estimate of drug-likeness (QED) is 0.536. The van der Waals surface area contributed by atoms with E-state index in [4.69, 9.17) is 16.3 Å². The van der Waals surface area contributed by atoms with Crippen LogP contribution >= 0.6 is 23.4 Å². The molecule has 0 aromatic heterocycles. The summed E-state index contributed by atoms with van der Waals surface area (Å²) in [7, 11) is 1.32. The Balaban J connectivity index is 1.95. The topological polar surface area (TPSA) is 47.6 Å². The smallest absolute Gasteiger partial charge is 0.387 e. The van der Waals surface area contributed by atoms with Crippen LogP contribution in [-0.4, -0.2) is 31.9 Å². The molecule has 134 valence electrons. The summed E-state index contributed by atoms with van der Waals surface area (Å²) in [6.07, 6.45) is 0. The van der Waals surface area contributed by atoms with E-state index in [1.807, 2.05) is 12.1 Å². The van der Waals surface area contributed by atoms with E-state index in [-0.39, 0.29) is 17.1 Å². The third-order valence-corrected chi connectivity index (χ3v) is 4.39. The number of ether oxygens (including phenoxy) is 2. The summed E-state index contributed by atoms with van der Waals surface area (Å²) < 4.78 is 34.6. The van der Waals surface area contributed by atoms with Crippen LogP contribution in [0.5, 0.6) is 11.5 Å². The van der Waals surface area contributed by atoms with Crippen molar-refractivity contribution in [2.45, 2.75) is 11.5 Å². The fraction of sp³-hybridized carbons (Fsp3) is 0.235. The van der Waals surface area contributed by atoms with Gasteiger partial charge in [-0.15, -0.1) is 11.8 Å². The van der Waals surface area contributed by atoms with Gasteiger partial charge in [-0.2, -0.15) is 8.78 Å². The van der Waals surface area contributed by atoms with E-state index >= 15 is 0 Å². The molecular weight excluding hydrogens is 372 g/mol. The van der Waals surface area contributed by atoms with Crippen LogP contribution in [-0.2, 0) is 0 Å². The van der Waals surface area contributed by atoms with E-state index in [1.54, 1.807) is 12.1 Å².